The Hall–Kier alpha value is -2.71. The van der Waals surface area contributed by atoms with E-state index in [1.807, 2.05) is 11.8 Å². The topological polar surface area (TPSA) is 86.8 Å². The third-order valence-electron chi connectivity index (χ3n) is 5.15. The molecule has 2 aromatic rings. The van der Waals surface area contributed by atoms with Crippen LogP contribution in [0.25, 0.3) is 0 Å². The van der Waals surface area contributed by atoms with E-state index in [-0.39, 0.29) is 17.3 Å². The van der Waals surface area contributed by atoms with Crippen LogP contribution in [-0.2, 0) is 14.8 Å². The molecule has 0 aromatic heterocycles. The number of sulfonamides is 1. The van der Waals surface area contributed by atoms with Crippen LogP contribution in [0.1, 0.15) is 35.2 Å². The number of nitrogens with zero attached hydrogens (tertiary/aromatic N) is 2. The van der Waals surface area contributed by atoms with Gasteiger partial charge in [-0.25, -0.2) is 8.42 Å². The molecule has 0 spiro atoms. The van der Waals surface area contributed by atoms with E-state index in [1.165, 1.54) is 19.2 Å². The first-order valence-electron chi connectivity index (χ1n) is 9.99. The Bertz CT molecular complexity index is 996. The maximum Gasteiger partial charge on any atom is 0.253 e. The summed E-state index contributed by atoms with van der Waals surface area (Å²) in [5.41, 5.74) is 2.04. The summed E-state index contributed by atoms with van der Waals surface area (Å²) in [4.78, 5) is 26.8. The lowest BCUT2D eigenvalue weighted by Crippen LogP contribution is -2.35. The van der Waals surface area contributed by atoms with E-state index in [4.69, 9.17) is 0 Å². The maximum atomic E-state index is 12.6. The molecule has 1 fully saturated rings. The third-order valence-corrected chi connectivity index (χ3v) is 6.97. The number of likely N-dealkylation sites (N-methyl/N-ethyl adjacent to an activating group) is 1. The van der Waals surface area contributed by atoms with Crippen molar-refractivity contribution in [3.8, 4) is 0 Å². The predicted molar refractivity (Wildman–Crippen MR) is 116 cm³/mol. The molecule has 0 radical (unpaired) electrons. The number of likely N-dealkylation sites (tertiary alicyclic amines) is 1. The SMILES string of the molecule is Cc1ccc(S(=O)(=O)N(C)CC(=O)Nc2ccc(C(=O)N3CCCCC3)cc2)cc1. The van der Waals surface area contributed by atoms with Crippen LogP contribution in [0.3, 0.4) is 0 Å². The van der Waals surface area contributed by atoms with Gasteiger partial charge < -0.3 is 10.2 Å². The molecule has 1 N–H and O–H groups in total. The van der Waals surface area contributed by atoms with Crippen LogP contribution < -0.4 is 5.32 Å². The van der Waals surface area contributed by atoms with E-state index in [2.05, 4.69) is 5.32 Å². The Balaban J connectivity index is 1.59. The number of anilines is 1. The summed E-state index contributed by atoms with van der Waals surface area (Å²) < 4.78 is 26.2. The molecule has 0 unspecified atom stereocenters. The van der Waals surface area contributed by atoms with Crippen molar-refractivity contribution in [2.24, 2.45) is 0 Å². The molecule has 1 aliphatic rings. The summed E-state index contributed by atoms with van der Waals surface area (Å²) in [6.45, 7) is 3.11. The quantitative estimate of drug-likeness (QED) is 0.765. The molecule has 1 aliphatic heterocycles. The second-order valence-corrected chi connectivity index (χ2v) is 9.60. The molecule has 160 valence electrons. The first kappa shape index (κ1) is 22.0. The summed E-state index contributed by atoms with van der Waals surface area (Å²) >= 11 is 0. The third kappa shape index (κ3) is 5.25. The number of hydrogen-bond acceptors (Lipinski definition) is 4. The molecule has 0 bridgehead atoms. The summed E-state index contributed by atoms with van der Waals surface area (Å²) in [6, 6.07) is 13.2. The second kappa shape index (κ2) is 9.40. The van der Waals surface area contributed by atoms with Crippen LogP contribution in [0.4, 0.5) is 5.69 Å². The van der Waals surface area contributed by atoms with Crippen molar-refractivity contribution >= 4 is 27.5 Å². The van der Waals surface area contributed by atoms with Crippen LogP contribution in [0.2, 0.25) is 0 Å². The predicted octanol–water partition coefficient (Wildman–Crippen LogP) is 2.88. The molecule has 7 nitrogen and oxygen atoms in total. The number of benzene rings is 2. The number of piperidine rings is 1. The van der Waals surface area contributed by atoms with Crippen LogP contribution in [0.15, 0.2) is 53.4 Å². The van der Waals surface area contributed by atoms with Crippen molar-refractivity contribution in [1.82, 2.24) is 9.21 Å². The van der Waals surface area contributed by atoms with Gasteiger partial charge in [-0.15, -0.1) is 0 Å². The first-order chi connectivity index (χ1) is 14.3. The van der Waals surface area contributed by atoms with E-state index < -0.39 is 15.9 Å². The van der Waals surface area contributed by atoms with Crippen molar-refractivity contribution in [2.75, 3.05) is 32.0 Å². The summed E-state index contributed by atoms with van der Waals surface area (Å²) in [6.07, 6.45) is 3.21. The molecule has 0 atom stereocenters. The molecular formula is C22H27N3O4S. The average Bonchev–Trinajstić information content (AvgIpc) is 2.74. The lowest BCUT2D eigenvalue weighted by molar-refractivity contribution is -0.116. The number of nitrogens with one attached hydrogen (secondary N) is 1. The first-order valence-corrected chi connectivity index (χ1v) is 11.4. The van der Waals surface area contributed by atoms with Gasteiger partial charge in [-0.05, 0) is 62.6 Å². The standard InChI is InChI=1S/C22H27N3O4S/c1-17-6-12-20(13-7-17)30(28,29)24(2)16-21(26)23-19-10-8-18(9-11-19)22(27)25-14-4-3-5-15-25/h6-13H,3-5,14-16H2,1-2H3,(H,23,26). The summed E-state index contributed by atoms with van der Waals surface area (Å²) in [5, 5.41) is 2.68. The lowest BCUT2D eigenvalue weighted by atomic mass is 10.1. The smallest absolute Gasteiger partial charge is 0.253 e. The zero-order chi connectivity index (χ0) is 21.7. The highest BCUT2D eigenvalue weighted by Gasteiger charge is 2.23. The highest BCUT2D eigenvalue weighted by molar-refractivity contribution is 7.89. The number of hydrogen-bond donors (Lipinski definition) is 1. The fraction of sp³-hybridized carbons (Fsp3) is 0.364. The molecule has 1 heterocycles. The molecule has 3 rings (SSSR count). The minimum Gasteiger partial charge on any atom is -0.339 e. The van der Waals surface area contributed by atoms with Gasteiger partial charge in [0.2, 0.25) is 15.9 Å². The van der Waals surface area contributed by atoms with Gasteiger partial charge in [-0.2, -0.15) is 4.31 Å². The molecule has 1 saturated heterocycles. The largest absolute Gasteiger partial charge is 0.339 e. The Morgan fingerprint density at radius 2 is 1.57 bits per heavy atom. The molecular weight excluding hydrogens is 402 g/mol. The average molecular weight is 430 g/mol. The van der Waals surface area contributed by atoms with E-state index in [0.717, 1.165) is 42.2 Å². The van der Waals surface area contributed by atoms with Gasteiger partial charge in [0, 0.05) is 31.4 Å². The number of aryl methyl sites for hydroxylation is 1. The summed E-state index contributed by atoms with van der Waals surface area (Å²) in [7, 11) is -2.38. The van der Waals surface area contributed by atoms with Crippen molar-refractivity contribution in [3.63, 3.8) is 0 Å². The van der Waals surface area contributed by atoms with E-state index >= 15 is 0 Å². The number of rotatable bonds is 6. The minimum absolute atomic E-state index is 0.00324. The van der Waals surface area contributed by atoms with Gasteiger partial charge in [-0.3, -0.25) is 9.59 Å². The van der Waals surface area contributed by atoms with Gasteiger partial charge in [0.15, 0.2) is 0 Å². The monoisotopic (exact) mass is 429 g/mol. The fourth-order valence-corrected chi connectivity index (χ4v) is 4.48. The Labute approximate surface area is 177 Å². The van der Waals surface area contributed by atoms with Gasteiger partial charge in [0.05, 0.1) is 11.4 Å². The van der Waals surface area contributed by atoms with E-state index in [0.29, 0.717) is 11.3 Å². The van der Waals surface area contributed by atoms with Crippen LogP contribution in [0.5, 0.6) is 0 Å². The number of carbonyl (C=O) groups excluding carboxylic acids is 2. The zero-order valence-electron chi connectivity index (χ0n) is 17.3. The lowest BCUT2D eigenvalue weighted by Gasteiger charge is -2.26. The molecule has 0 aliphatic carbocycles. The molecule has 0 saturated carbocycles. The highest BCUT2D eigenvalue weighted by atomic mass is 32.2. The van der Waals surface area contributed by atoms with Crippen LogP contribution in [0, 0.1) is 6.92 Å². The van der Waals surface area contributed by atoms with Crippen molar-refractivity contribution in [1.29, 1.82) is 0 Å². The Kier molecular flexibility index (Phi) is 6.89. The van der Waals surface area contributed by atoms with Crippen molar-refractivity contribution in [2.45, 2.75) is 31.1 Å². The second-order valence-electron chi connectivity index (χ2n) is 7.55. The van der Waals surface area contributed by atoms with E-state index in [9.17, 15) is 18.0 Å². The van der Waals surface area contributed by atoms with Gasteiger partial charge in [0.25, 0.3) is 5.91 Å². The maximum absolute atomic E-state index is 12.6. The van der Waals surface area contributed by atoms with Gasteiger partial charge >= 0.3 is 0 Å². The van der Waals surface area contributed by atoms with E-state index in [1.54, 1.807) is 36.4 Å². The summed E-state index contributed by atoms with van der Waals surface area (Å²) in [5.74, 6) is -0.459. The van der Waals surface area contributed by atoms with Gasteiger partial charge in [-0.1, -0.05) is 17.7 Å². The molecule has 8 heteroatoms. The minimum atomic E-state index is -3.75. The Morgan fingerprint density at radius 3 is 2.17 bits per heavy atom. The Morgan fingerprint density at radius 1 is 0.967 bits per heavy atom. The fourth-order valence-electron chi connectivity index (χ4n) is 3.35. The van der Waals surface area contributed by atoms with Crippen molar-refractivity contribution < 1.29 is 18.0 Å². The normalized spacial score (nSPS) is 14.6. The van der Waals surface area contributed by atoms with Crippen LogP contribution >= 0.6 is 0 Å². The van der Waals surface area contributed by atoms with Crippen LogP contribution in [-0.4, -0.2) is 56.1 Å². The molecule has 2 aromatic carbocycles. The molecule has 2 amide bonds. The number of carbonyl (C=O) groups is 2. The van der Waals surface area contributed by atoms with Crippen molar-refractivity contribution in [3.05, 3.63) is 59.7 Å². The zero-order valence-corrected chi connectivity index (χ0v) is 18.1. The highest BCUT2D eigenvalue weighted by Crippen LogP contribution is 2.17. The van der Waals surface area contributed by atoms with Gasteiger partial charge in [0.1, 0.15) is 0 Å². The molecule has 30 heavy (non-hydrogen) atoms. The number of amides is 2.